The minimum atomic E-state index is -0.489. The quantitative estimate of drug-likeness (QED) is 0.537. The molecule has 90 valence electrons. The molecule has 0 aromatic heterocycles. The van der Waals surface area contributed by atoms with Gasteiger partial charge in [-0.05, 0) is 19.8 Å². The van der Waals surface area contributed by atoms with Crippen LogP contribution in [-0.2, 0) is 14.3 Å². The Morgan fingerprint density at radius 1 is 1.50 bits per heavy atom. The van der Waals surface area contributed by atoms with Crippen LogP contribution in [0.3, 0.4) is 0 Å². The predicted molar refractivity (Wildman–Crippen MR) is 57.9 cm³/mol. The number of carbonyl (C=O) groups excluding carboxylic acids is 2. The summed E-state index contributed by atoms with van der Waals surface area (Å²) in [6.07, 6.45) is 2.46. The Bertz CT molecular complexity index is 277. The molecule has 0 spiro atoms. The molecular weight excluding hydrogens is 210 g/mol. The van der Waals surface area contributed by atoms with E-state index in [4.69, 9.17) is 9.47 Å². The van der Waals surface area contributed by atoms with E-state index >= 15 is 0 Å². The number of amides is 1. The summed E-state index contributed by atoms with van der Waals surface area (Å²) in [5.74, 6) is -0.351. The van der Waals surface area contributed by atoms with Crippen LogP contribution in [0.25, 0.3) is 0 Å². The van der Waals surface area contributed by atoms with Crippen molar-refractivity contribution in [3.05, 3.63) is 12.7 Å². The summed E-state index contributed by atoms with van der Waals surface area (Å²) < 4.78 is 9.80. The number of hydrogen-bond donors (Lipinski definition) is 0. The van der Waals surface area contributed by atoms with Crippen molar-refractivity contribution in [2.75, 3.05) is 19.8 Å². The monoisotopic (exact) mass is 227 g/mol. The number of ether oxygens (including phenoxy) is 2. The lowest BCUT2D eigenvalue weighted by atomic mass is 10.2. The highest BCUT2D eigenvalue weighted by Gasteiger charge is 2.35. The molecule has 1 atom stereocenters. The minimum absolute atomic E-state index is 0.158. The van der Waals surface area contributed by atoms with Gasteiger partial charge in [0.15, 0.2) is 0 Å². The van der Waals surface area contributed by atoms with Gasteiger partial charge in [-0.15, -0.1) is 0 Å². The van der Waals surface area contributed by atoms with E-state index in [-0.39, 0.29) is 12.6 Å². The first kappa shape index (κ1) is 12.5. The van der Waals surface area contributed by atoms with Gasteiger partial charge in [-0.2, -0.15) is 0 Å². The van der Waals surface area contributed by atoms with E-state index in [0.717, 1.165) is 6.42 Å². The van der Waals surface area contributed by atoms with E-state index in [1.54, 1.807) is 6.92 Å². The predicted octanol–water partition coefficient (Wildman–Crippen LogP) is 1.34. The first-order valence-corrected chi connectivity index (χ1v) is 5.41. The first-order chi connectivity index (χ1) is 7.70. The van der Waals surface area contributed by atoms with Crippen LogP contribution in [0.15, 0.2) is 12.7 Å². The number of hydrogen-bond acceptors (Lipinski definition) is 4. The molecule has 0 radical (unpaired) electrons. The molecule has 0 aromatic rings. The summed E-state index contributed by atoms with van der Waals surface area (Å²) in [7, 11) is 0. The summed E-state index contributed by atoms with van der Waals surface area (Å²) in [5, 5.41) is 0. The summed E-state index contributed by atoms with van der Waals surface area (Å²) in [5.41, 5.74) is 0. The molecule has 16 heavy (non-hydrogen) atoms. The van der Waals surface area contributed by atoms with Crippen molar-refractivity contribution in [3.8, 4) is 0 Å². The second-order valence-electron chi connectivity index (χ2n) is 3.47. The second kappa shape index (κ2) is 6.15. The number of carbonyl (C=O) groups is 2. The van der Waals surface area contributed by atoms with Gasteiger partial charge in [0.1, 0.15) is 12.6 Å². The van der Waals surface area contributed by atoms with Crippen LogP contribution in [0.1, 0.15) is 19.8 Å². The number of likely N-dealkylation sites (tertiary alicyclic amines) is 1. The van der Waals surface area contributed by atoms with Crippen LogP contribution in [-0.4, -0.2) is 42.8 Å². The molecule has 0 saturated carbocycles. The molecule has 1 aliphatic rings. The van der Waals surface area contributed by atoms with Gasteiger partial charge in [0, 0.05) is 6.54 Å². The van der Waals surface area contributed by atoms with Crippen LogP contribution < -0.4 is 0 Å². The van der Waals surface area contributed by atoms with E-state index in [2.05, 4.69) is 6.58 Å². The van der Waals surface area contributed by atoms with Gasteiger partial charge in [0.2, 0.25) is 0 Å². The highest BCUT2D eigenvalue weighted by atomic mass is 16.6. The molecule has 1 aliphatic heterocycles. The zero-order chi connectivity index (χ0) is 12.0. The van der Waals surface area contributed by atoms with Gasteiger partial charge in [-0.1, -0.05) is 12.7 Å². The third kappa shape index (κ3) is 2.98. The number of nitrogens with zero attached hydrogens (tertiary/aromatic N) is 1. The summed E-state index contributed by atoms with van der Waals surface area (Å²) >= 11 is 0. The standard InChI is InChI=1S/C11H17NO4/c1-3-8-16-11(14)12-7-5-6-9(12)10(13)15-4-2/h3,9H,1,4-8H2,2H3/t9-/m1/s1. The van der Waals surface area contributed by atoms with Gasteiger partial charge in [-0.25, -0.2) is 9.59 Å². The Morgan fingerprint density at radius 2 is 2.25 bits per heavy atom. The first-order valence-electron chi connectivity index (χ1n) is 5.41. The molecule has 5 heteroatoms. The van der Waals surface area contributed by atoms with Crippen molar-refractivity contribution in [2.45, 2.75) is 25.8 Å². The van der Waals surface area contributed by atoms with Gasteiger partial charge in [0.05, 0.1) is 6.61 Å². The van der Waals surface area contributed by atoms with Crippen molar-refractivity contribution in [1.29, 1.82) is 0 Å². The summed E-state index contributed by atoms with van der Waals surface area (Å²) in [4.78, 5) is 24.5. The van der Waals surface area contributed by atoms with Crippen molar-refractivity contribution in [2.24, 2.45) is 0 Å². The van der Waals surface area contributed by atoms with Gasteiger partial charge >= 0.3 is 12.1 Å². The zero-order valence-electron chi connectivity index (χ0n) is 9.48. The van der Waals surface area contributed by atoms with Crippen LogP contribution in [0.2, 0.25) is 0 Å². The van der Waals surface area contributed by atoms with Crippen molar-refractivity contribution < 1.29 is 19.1 Å². The Kier molecular flexibility index (Phi) is 4.82. The number of esters is 1. The van der Waals surface area contributed by atoms with Crippen LogP contribution >= 0.6 is 0 Å². The van der Waals surface area contributed by atoms with Gasteiger partial charge < -0.3 is 9.47 Å². The second-order valence-corrected chi connectivity index (χ2v) is 3.47. The van der Waals surface area contributed by atoms with Crippen LogP contribution in [0, 0.1) is 0 Å². The molecule has 5 nitrogen and oxygen atoms in total. The molecule has 0 bridgehead atoms. The van der Waals surface area contributed by atoms with E-state index in [9.17, 15) is 9.59 Å². The molecule has 0 unspecified atom stereocenters. The minimum Gasteiger partial charge on any atom is -0.464 e. The molecule has 0 aliphatic carbocycles. The molecule has 1 saturated heterocycles. The van der Waals surface area contributed by atoms with E-state index in [1.165, 1.54) is 11.0 Å². The van der Waals surface area contributed by atoms with Gasteiger partial charge in [-0.3, -0.25) is 4.90 Å². The normalized spacial score (nSPS) is 19.3. The smallest absolute Gasteiger partial charge is 0.410 e. The zero-order valence-corrected chi connectivity index (χ0v) is 9.48. The molecular formula is C11H17NO4. The van der Waals surface area contributed by atoms with E-state index in [0.29, 0.717) is 19.6 Å². The SMILES string of the molecule is C=CCOC(=O)N1CCC[C@@H]1C(=O)OCC. The lowest BCUT2D eigenvalue weighted by Crippen LogP contribution is -2.41. The fraction of sp³-hybridized carbons (Fsp3) is 0.636. The third-order valence-electron chi connectivity index (χ3n) is 2.37. The lowest BCUT2D eigenvalue weighted by Gasteiger charge is -2.21. The Hall–Kier alpha value is -1.52. The fourth-order valence-corrected chi connectivity index (χ4v) is 1.68. The molecule has 1 rings (SSSR count). The molecule has 1 heterocycles. The van der Waals surface area contributed by atoms with Crippen molar-refractivity contribution >= 4 is 12.1 Å². The maximum Gasteiger partial charge on any atom is 0.410 e. The fourth-order valence-electron chi connectivity index (χ4n) is 1.68. The van der Waals surface area contributed by atoms with Crippen LogP contribution in [0.5, 0.6) is 0 Å². The van der Waals surface area contributed by atoms with E-state index < -0.39 is 12.1 Å². The van der Waals surface area contributed by atoms with Crippen LogP contribution in [0.4, 0.5) is 4.79 Å². The van der Waals surface area contributed by atoms with Crippen molar-refractivity contribution in [3.63, 3.8) is 0 Å². The molecule has 0 aromatic carbocycles. The lowest BCUT2D eigenvalue weighted by molar-refractivity contribution is -0.147. The average molecular weight is 227 g/mol. The van der Waals surface area contributed by atoms with E-state index in [1.807, 2.05) is 0 Å². The Labute approximate surface area is 95.0 Å². The Morgan fingerprint density at radius 3 is 2.88 bits per heavy atom. The van der Waals surface area contributed by atoms with Gasteiger partial charge in [0.25, 0.3) is 0 Å². The summed E-state index contributed by atoms with van der Waals surface area (Å²) in [6, 6.07) is -0.489. The topological polar surface area (TPSA) is 55.8 Å². The largest absolute Gasteiger partial charge is 0.464 e. The molecule has 0 N–H and O–H groups in total. The Balaban J connectivity index is 2.54. The number of rotatable bonds is 4. The summed E-state index contributed by atoms with van der Waals surface area (Å²) in [6.45, 7) is 6.22. The molecule has 1 amide bonds. The van der Waals surface area contributed by atoms with Crippen molar-refractivity contribution in [1.82, 2.24) is 4.90 Å². The maximum atomic E-state index is 11.6. The average Bonchev–Trinajstić information content (AvgIpc) is 2.75. The third-order valence-corrected chi connectivity index (χ3v) is 2.37. The highest BCUT2D eigenvalue weighted by Crippen LogP contribution is 2.19. The maximum absolute atomic E-state index is 11.6. The highest BCUT2D eigenvalue weighted by molar-refractivity contribution is 5.82. The molecule has 1 fully saturated rings.